The third kappa shape index (κ3) is 3.19. The van der Waals surface area contributed by atoms with E-state index in [0.29, 0.717) is 34.9 Å². The van der Waals surface area contributed by atoms with Crippen LogP contribution in [0.5, 0.6) is 0 Å². The second-order valence-corrected chi connectivity index (χ2v) is 6.93. The van der Waals surface area contributed by atoms with E-state index in [1.807, 2.05) is 26.8 Å². The molecule has 1 fully saturated rings. The van der Waals surface area contributed by atoms with Crippen molar-refractivity contribution in [2.75, 3.05) is 0 Å². The number of carbonyl (C=O) groups is 1. The lowest BCUT2D eigenvalue weighted by molar-refractivity contribution is 0.0963. The Morgan fingerprint density at radius 2 is 2.04 bits per heavy atom. The maximum atomic E-state index is 12.8. The highest BCUT2D eigenvalue weighted by Gasteiger charge is 2.31. The average molecular weight is 332 g/mol. The first kappa shape index (κ1) is 16.9. The molecule has 1 aromatic heterocycles. The molecule has 0 aliphatic heterocycles. The maximum absolute atomic E-state index is 12.8. The van der Waals surface area contributed by atoms with Gasteiger partial charge >= 0.3 is 0 Å². The lowest BCUT2D eigenvalue weighted by atomic mass is 9.99. The summed E-state index contributed by atoms with van der Waals surface area (Å²) in [5, 5.41) is 23.4. The molecule has 0 atom stereocenters. The molecule has 25 heavy (non-hydrogen) atoms. The summed E-state index contributed by atoms with van der Waals surface area (Å²) in [6, 6.07) is 9.68. The van der Waals surface area contributed by atoms with Crippen molar-refractivity contribution in [1.82, 2.24) is 9.78 Å². The number of carbonyl (C=O) groups excluding carboxylic acids is 1. The van der Waals surface area contributed by atoms with Crippen molar-refractivity contribution < 1.29 is 4.79 Å². The quantitative estimate of drug-likeness (QED) is 0.770. The summed E-state index contributed by atoms with van der Waals surface area (Å²) in [6.45, 7) is 5.76. The normalized spacial score (nSPS) is 13.5. The van der Waals surface area contributed by atoms with Crippen LogP contribution in [0.1, 0.15) is 66.3 Å². The van der Waals surface area contributed by atoms with E-state index in [1.54, 1.807) is 16.8 Å². The Morgan fingerprint density at radius 1 is 1.32 bits per heavy atom. The maximum Gasteiger partial charge on any atom is 0.182 e. The molecule has 0 spiro atoms. The van der Waals surface area contributed by atoms with Crippen LogP contribution in [-0.4, -0.2) is 15.6 Å². The highest BCUT2D eigenvalue weighted by atomic mass is 16.1. The molecule has 5 heteroatoms. The van der Waals surface area contributed by atoms with Gasteiger partial charge in [0, 0.05) is 18.0 Å². The fourth-order valence-corrected chi connectivity index (χ4v) is 3.00. The highest BCUT2D eigenvalue weighted by molar-refractivity contribution is 5.99. The van der Waals surface area contributed by atoms with E-state index in [2.05, 4.69) is 17.2 Å². The topological polar surface area (TPSA) is 82.5 Å². The summed E-state index contributed by atoms with van der Waals surface area (Å²) in [4.78, 5) is 12.8. The van der Waals surface area contributed by atoms with Gasteiger partial charge in [0.15, 0.2) is 5.78 Å². The lowest BCUT2D eigenvalue weighted by Gasteiger charge is -2.10. The molecule has 0 N–H and O–H groups in total. The van der Waals surface area contributed by atoms with E-state index >= 15 is 0 Å². The van der Waals surface area contributed by atoms with Crippen molar-refractivity contribution in [2.45, 2.75) is 46.1 Å². The number of hydrogen-bond acceptors (Lipinski definition) is 4. The van der Waals surface area contributed by atoms with E-state index in [-0.39, 0.29) is 11.8 Å². The zero-order chi connectivity index (χ0) is 18.1. The van der Waals surface area contributed by atoms with Crippen molar-refractivity contribution in [3.05, 3.63) is 40.6 Å². The van der Waals surface area contributed by atoms with Crippen LogP contribution >= 0.6 is 0 Å². The number of ketones is 1. The summed E-state index contributed by atoms with van der Waals surface area (Å²) in [7, 11) is 0. The zero-order valence-electron chi connectivity index (χ0n) is 14.7. The number of aromatic nitrogens is 2. The van der Waals surface area contributed by atoms with Gasteiger partial charge in [-0.05, 0) is 57.2 Å². The molecule has 1 aliphatic carbocycles. The van der Waals surface area contributed by atoms with Crippen molar-refractivity contribution in [1.29, 1.82) is 10.5 Å². The molecule has 1 aromatic carbocycles. The number of Topliss-reactive ketones (excluding diaryl/α,β-unsaturated/α-hetero) is 1. The molecule has 3 rings (SSSR count). The molecule has 2 aromatic rings. The first-order chi connectivity index (χ1) is 12.0. The Morgan fingerprint density at radius 3 is 2.56 bits per heavy atom. The first-order valence-electron chi connectivity index (χ1n) is 8.53. The van der Waals surface area contributed by atoms with Crippen molar-refractivity contribution in [3.8, 4) is 23.4 Å². The van der Waals surface area contributed by atoms with Crippen LogP contribution in [0.2, 0.25) is 0 Å². The van der Waals surface area contributed by atoms with E-state index in [0.717, 1.165) is 24.0 Å². The van der Waals surface area contributed by atoms with Gasteiger partial charge in [-0.25, -0.2) is 0 Å². The molecule has 5 nitrogen and oxygen atoms in total. The van der Waals surface area contributed by atoms with Gasteiger partial charge in [-0.2, -0.15) is 15.6 Å². The summed E-state index contributed by atoms with van der Waals surface area (Å²) in [5.74, 6) is 0.451. The fourth-order valence-electron chi connectivity index (χ4n) is 3.00. The molecule has 1 aliphatic rings. The molecular formula is C20H20N4O. The lowest BCUT2D eigenvalue weighted by Crippen LogP contribution is -2.14. The van der Waals surface area contributed by atoms with Crippen LogP contribution in [0, 0.1) is 35.5 Å². The molecule has 0 radical (unpaired) electrons. The summed E-state index contributed by atoms with van der Waals surface area (Å²) < 4.78 is 1.67. The monoisotopic (exact) mass is 332 g/mol. The largest absolute Gasteiger partial charge is 0.292 e. The van der Waals surface area contributed by atoms with E-state index in [1.165, 1.54) is 0 Å². The van der Waals surface area contributed by atoms with Gasteiger partial charge < -0.3 is 0 Å². The number of nitriles is 2. The summed E-state index contributed by atoms with van der Waals surface area (Å²) in [6.07, 6.45) is 2.66. The third-order valence-electron chi connectivity index (χ3n) is 4.57. The van der Waals surface area contributed by atoms with Gasteiger partial charge in [-0.1, -0.05) is 6.07 Å². The minimum Gasteiger partial charge on any atom is -0.292 e. The summed E-state index contributed by atoms with van der Waals surface area (Å²) >= 11 is 0. The highest BCUT2D eigenvalue weighted by Crippen LogP contribution is 2.35. The Bertz CT molecular complexity index is 920. The second-order valence-electron chi connectivity index (χ2n) is 6.93. The van der Waals surface area contributed by atoms with Gasteiger partial charge in [0.05, 0.1) is 11.6 Å². The van der Waals surface area contributed by atoms with Crippen LogP contribution in [0.25, 0.3) is 11.3 Å². The molecule has 0 bridgehead atoms. The molecule has 126 valence electrons. The van der Waals surface area contributed by atoms with E-state index < -0.39 is 0 Å². The Labute approximate surface area is 147 Å². The van der Waals surface area contributed by atoms with Gasteiger partial charge in [-0.15, -0.1) is 0 Å². The number of aryl methyl sites for hydroxylation is 1. The molecule has 0 amide bonds. The van der Waals surface area contributed by atoms with Crippen LogP contribution in [0.4, 0.5) is 0 Å². The number of nitrogens with zero attached hydrogens (tertiary/aromatic N) is 4. The Kier molecular flexibility index (Phi) is 4.42. The Hall–Kier alpha value is -2.92. The molecule has 1 saturated carbocycles. The average Bonchev–Trinajstić information content (AvgIpc) is 3.30. The van der Waals surface area contributed by atoms with Gasteiger partial charge in [0.2, 0.25) is 0 Å². The SMILES string of the molecule is Cc1cc(-c2nn(C(C)C)c(C(=O)CC3CC3)c2C#N)ccc1C#N. The minimum absolute atomic E-state index is 0.00290. The Balaban J connectivity index is 2.14. The van der Waals surface area contributed by atoms with Crippen LogP contribution < -0.4 is 0 Å². The van der Waals surface area contributed by atoms with Gasteiger partial charge in [0.1, 0.15) is 23.0 Å². The smallest absolute Gasteiger partial charge is 0.182 e. The minimum atomic E-state index is -0.0153. The number of benzene rings is 1. The van der Waals surface area contributed by atoms with Crippen molar-refractivity contribution in [3.63, 3.8) is 0 Å². The standard InChI is InChI=1S/C20H20N4O/c1-12(2)24-20(18(25)9-14-4-5-14)17(11-22)19(23-24)15-6-7-16(10-21)13(3)8-15/h6-8,12,14H,4-5,9H2,1-3H3. The molecule has 1 heterocycles. The van der Waals surface area contributed by atoms with Crippen LogP contribution in [-0.2, 0) is 0 Å². The van der Waals surface area contributed by atoms with Crippen LogP contribution in [0.15, 0.2) is 18.2 Å². The molecule has 0 unspecified atom stereocenters. The third-order valence-corrected chi connectivity index (χ3v) is 4.57. The number of rotatable bonds is 5. The van der Waals surface area contributed by atoms with Crippen molar-refractivity contribution >= 4 is 5.78 Å². The van der Waals surface area contributed by atoms with Crippen LogP contribution in [0.3, 0.4) is 0 Å². The second kappa shape index (κ2) is 6.53. The van der Waals surface area contributed by atoms with Gasteiger partial charge in [0.25, 0.3) is 0 Å². The summed E-state index contributed by atoms with van der Waals surface area (Å²) in [5.41, 5.74) is 3.45. The first-order valence-corrected chi connectivity index (χ1v) is 8.53. The van der Waals surface area contributed by atoms with Gasteiger partial charge in [-0.3, -0.25) is 9.48 Å². The molecule has 0 saturated heterocycles. The zero-order valence-corrected chi connectivity index (χ0v) is 14.7. The predicted molar refractivity (Wildman–Crippen MR) is 93.9 cm³/mol. The van der Waals surface area contributed by atoms with Crippen molar-refractivity contribution in [2.24, 2.45) is 5.92 Å². The van der Waals surface area contributed by atoms with E-state index in [4.69, 9.17) is 5.26 Å². The van der Waals surface area contributed by atoms with E-state index in [9.17, 15) is 10.1 Å². The molecular weight excluding hydrogens is 312 g/mol. The predicted octanol–water partition coefficient (Wildman–Crippen LogP) is 4.17. The number of hydrogen-bond donors (Lipinski definition) is 0. The fraction of sp³-hybridized carbons (Fsp3) is 0.400.